The van der Waals surface area contributed by atoms with Crippen molar-refractivity contribution in [3.63, 3.8) is 0 Å². The van der Waals surface area contributed by atoms with Crippen molar-refractivity contribution in [3.05, 3.63) is 36.9 Å². The zero-order valence-electron chi connectivity index (χ0n) is 7.25. The molecule has 4 heteroatoms. The summed E-state index contributed by atoms with van der Waals surface area (Å²) in [6.45, 7) is 7.45. The van der Waals surface area contributed by atoms with Crippen LogP contribution in [-0.4, -0.2) is 17.1 Å². The van der Waals surface area contributed by atoms with E-state index in [-0.39, 0.29) is 0 Å². The Labute approximate surface area is 85.3 Å². The largest absolute Gasteiger partial charge is 0.495 e. The molecule has 1 aromatic rings. The lowest BCUT2D eigenvalue weighted by Crippen LogP contribution is -1.96. The van der Waals surface area contributed by atoms with Crippen LogP contribution in [0.25, 0.3) is 10.2 Å². The van der Waals surface area contributed by atoms with Crippen LogP contribution in [0.15, 0.2) is 25.7 Å². The minimum Gasteiger partial charge on any atom is -0.495 e. The van der Waals surface area contributed by atoms with Gasteiger partial charge in [0.05, 0.1) is 7.11 Å². The number of hydrogen-bond donors (Lipinski definition) is 0. The van der Waals surface area contributed by atoms with Crippen molar-refractivity contribution in [1.82, 2.24) is 9.97 Å². The summed E-state index contributed by atoms with van der Waals surface area (Å²) in [4.78, 5) is 7.93. The molecule has 0 aliphatic heterocycles. The maximum absolute atomic E-state index is 4.98. The summed E-state index contributed by atoms with van der Waals surface area (Å²) in [7, 11) is 1.55. The van der Waals surface area contributed by atoms with E-state index in [9.17, 15) is 0 Å². The molecule has 0 aliphatic carbocycles. The van der Waals surface area contributed by atoms with E-state index in [1.807, 2.05) is 0 Å². The van der Waals surface area contributed by atoms with E-state index in [0.29, 0.717) is 15.9 Å². The Morgan fingerprint density at radius 3 is 2.77 bits per heavy atom. The van der Waals surface area contributed by atoms with Crippen LogP contribution in [-0.2, 0) is 4.74 Å². The molecule has 0 fully saturated rings. The molecule has 3 nitrogen and oxygen atoms in total. The predicted molar refractivity (Wildman–Crippen MR) is 56.0 cm³/mol. The second-order valence-corrected chi connectivity index (χ2v) is 3.27. The fraction of sp³-hybridized carbons (Fsp3) is 0.111. The normalized spacial score (nSPS) is 9.38. The van der Waals surface area contributed by atoms with Crippen LogP contribution in [0.1, 0.15) is 11.3 Å². The van der Waals surface area contributed by atoms with Gasteiger partial charge in [-0.05, 0) is 0 Å². The van der Waals surface area contributed by atoms with E-state index in [2.05, 4.69) is 39.1 Å². The average molecular weight is 241 g/mol. The van der Waals surface area contributed by atoms with Crippen LogP contribution in [0.2, 0.25) is 0 Å². The first-order valence-electron chi connectivity index (χ1n) is 3.55. The highest BCUT2D eigenvalue weighted by molar-refractivity contribution is 9.15. The van der Waals surface area contributed by atoms with Crippen molar-refractivity contribution in [3.8, 4) is 0 Å². The van der Waals surface area contributed by atoms with Gasteiger partial charge in [-0.1, -0.05) is 29.1 Å². The van der Waals surface area contributed by atoms with Crippen LogP contribution in [0.4, 0.5) is 0 Å². The molecule has 1 heterocycles. The highest BCUT2D eigenvalue weighted by Crippen LogP contribution is 2.24. The molecule has 0 atom stereocenters. The van der Waals surface area contributed by atoms with E-state index in [4.69, 9.17) is 4.74 Å². The smallest absolute Gasteiger partial charge is 0.138 e. The van der Waals surface area contributed by atoms with Gasteiger partial charge in [-0.15, -0.1) is 0 Å². The van der Waals surface area contributed by atoms with Crippen LogP contribution in [0, 0.1) is 0 Å². The van der Waals surface area contributed by atoms with Crippen molar-refractivity contribution in [2.75, 3.05) is 7.11 Å². The molecular weight excluding hydrogens is 232 g/mol. The molecule has 0 aliphatic rings. The number of ether oxygens (including phenoxy) is 1. The van der Waals surface area contributed by atoms with Gasteiger partial charge in [-0.2, -0.15) is 0 Å². The second-order valence-electron chi connectivity index (χ2n) is 2.32. The van der Waals surface area contributed by atoms with Gasteiger partial charge in [-0.3, -0.25) is 0 Å². The minimum absolute atomic E-state index is 0.498. The van der Waals surface area contributed by atoms with E-state index >= 15 is 0 Å². The van der Waals surface area contributed by atoms with E-state index in [0.717, 1.165) is 5.56 Å². The third kappa shape index (κ3) is 2.15. The number of hydrogen-bond acceptors (Lipinski definition) is 3. The zero-order valence-corrected chi connectivity index (χ0v) is 8.84. The summed E-state index contributed by atoms with van der Waals surface area (Å²) < 4.78 is 5.69. The fourth-order valence-electron chi connectivity index (χ4n) is 0.847. The maximum Gasteiger partial charge on any atom is 0.138 e. The number of aromatic nitrogens is 2. The molecule has 0 N–H and O–H groups in total. The van der Waals surface area contributed by atoms with Gasteiger partial charge >= 0.3 is 0 Å². The summed E-state index contributed by atoms with van der Waals surface area (Å²) in [6, 6.07) is 0. The average Bonchev–Trinajstić information content (AvgIpc) is 2.16. The lowest BCUT2D eigenvalue weighted by Gasteiger charge is -2.07. The first-order chi connectivity index (χ1) is 6.16. The Bertz CT molecular complexity index is 349. The van der Waals surface area contributed by atoms with Crippen LogP contribution in [0.5, 0.6) is 0 Å². The van der Waals surface area contributed by atoms with Gasteiger partial charge in [0.25, 0.3) is 0 Å². The number of nitrogens with zero attached hydrogens (tertiary/aromatic N) is 2. The summed E-state index contributed by atoms with van der Waals surface area (Å²) in [5, 5.41) is 0. The van der Waals surface area contributed by atoms with Crippen molar-refractivity contribution in [2.24, 2.45) is 0 Å². The van der Waals surface area contributed by atoms with Crippen LogP contribution >= 0.6 is 15.9 Å². The predicted octanol–water partition coefficient (Wildman–Crippen LogP) is 2.46. The quantitative estimate of drug-likeness (QED) is 0.762. The zero-order chi connectivity index (χ0) is 9.84. The molecule has 13 heavy (non-hydrogen) atoms. The number of rotatable bonds is 3. The molecule has 1 rings (SSSR count). The van der Waals surface area contributed by atoms with E-state index in [1.54, 1.807) is 13.3 Å². The summed E-state index contributed by atoms with van der Waals surface area (Å²) in [6.07, 6.45) is 3.10. The van der Waals surface area contributed by atoms with Crippen LogP contribution in [0.3, 0.4) is 0 Å². The first-order valence-corrected chi connectivity index (χ1v) is 4.34. The molecule has 0 unspecified atom stereocenters. The molecule has 0 amide bonds. The summed E-state index contributed by atoms with van der Waals surface area (Å²) in [5.74, 6) is 0.498. The van der Waals surface area contributed by atoms with Crippen molar-refractivity contribution < 1.29 is 4.74 Å². The minimum atomic E-state index is 0.498. The summed E-state index contributed by atoms with van der Waals surface area (Å²) >= 11 is 3.26. The van der Waals surface area contributed by atoms with Gasteiger partial charge in [-0.25, -0.2) is 9.97 Å². The molecule has 1 aromatic heterocycles. The SMILES string of the molecule is C=C(Br)c1cncnc1C(=C)OC. The Hall–Kier alpha value is -1.16. The Morgan fingerprint density at radius 1 is 1.54 bits per heavy atom. The molecule has 0 aromatic carbocycles. The Balaban J connectivity index is 3.19. The van der Waals surface area contributed by atoms with Crippen molar-refractivity contribution >= 4 is 26.2 Å². The fourth-order valence-corrected chi connectivity index (χ4v) is 1.14. The van der Waals surface area contributed by atoms with Gasteiger partial charge in [0.15, 0.2) is 0 Å². The Morgan fingerprint density at radius 2 is 2.23 bits per heavy atom. The lowest BCUT2D eigenvalue weighted by molar-refractivity contribution is 0.369. The van der Waals surface area contributed by atoms with E-state index in [1.165, 1.54) is 6.33 Å². The topological polar surface area (TPSA) is 35.0 Å². The maximum atomic E-state index is 4.98. The van der Waals surface area contributed by atoms with Crippen molar-refractivity contribution in [2.45, 2.75) is 0 Å². The third-order valence-corrected chi connectivity index (χ3v) is 1.94. The van der Waals surface area contributed by atoms with Crippen LogP contribution < -0.4 is 0 Å². The summed E-state index contributed by atoms with van der Waals surface area (Å²) in [5.41, 5.74) is 1.44. The molecular formula is C9H9BrN2O. The van der Waals surface area contributed by atoms with Crippen molar-refractivity contribution in [1.29, 1.82) is 0 Å². The number of methoxy groups -OCH3 is 1. The molecule has 0 saturated heterocycles. The van der Waals surface area contributed by atoms with Gasteiger partial charge < -0.3 is 4.74 Å². The first kappa shape index (κ1) is 9.92. The number of halogens is 1. The highest BCUT2D eigenvalue weighted by atomic mass is 79.9. The van der Waals surface area contributed by atoms with Gasteiger partial charge in [0, 0.05) is 16.2 Å². The third-order valence-electron chi connectivity index (χ3n) is 1.52. The highest BCUT2D eigenvalue weighted by Gasteiger charge is 2.08. The van der Waals surface area contributed by atoms with Gasteiger partial charge in [0.2, 0.25) is 0 Å². The molecule has 0 bridgehead atoms. The molecule has 0 radical (unpaired) electrons. The lowest BCUT2D eigenvalue weighted by atomic mass is 10.2. The standard InChI is InChI=1S/C9H9BrN2O/c1-6(10)8-4-11-5-12-9(8)7(2)13-3/h4-5H,1-2H2,3H3. The monoisotopic (exact) mass is 240 g/mol. The molecule has 0 spiro atoms. The van der Waals surface area contributed by atoms with Gasteiger partial charge in [0.1, 0.15) is 17.8 Å². The van der Waals surface area contributed by atoms with E-state index < -0.39 is 0 Å². The molecule has 0 saturated carbocycles. The second kappa shape index (κ2) is 4.18. The molecule has 68 valence electrons. The Kier molecular flexibility index (Phi) is 3.19.